The number of para-hydroxylation sites is 1. The Morgan fingerprint density at radius 3 is 2.76 bits per heavy atom. The molecule has 0 unspecified atom stereocenters. The summed E-state index contributed by atoms with van der Waals surface area (Å²) in [7, 11) is 0. The van der Waals surface area contributed by atoms with E-state index in [1.54, 1.807) is 23.5 Å². The minimum atomic E-state index is -0.247. The molecule has 0 saturated carbocycles. The van der Waals surface area contributed by atoms with E-state index < -0.39 is 0 Å². The number of halogens is 1. The molecule has 1 amide bonds. The fourth-order valence-corrected chi connectivity index (χ4v) is 3.71. The lowest BCUT2D eigenvalue weighted by atomic mass is 10.1. The second kappa shape index (κ2) is 6.78. The van der Waals surface area contributed by atoms with Crippen LogP contribution in [0.2, 0.25) is 5.02 Å². The SMILES string of the molecule is O=C(Nc1ccccc1-c1cccs1)c1cc(Cl)c2c(c1)OCCO2. The summed E-state index contributed by atoms with van der Waals surface area (Å²) < 4.78 is 11.0. The molecule has 0 radical (unpaired) electrons. The van der Waals surface area contributed by atoms with E-state index in [1.807, 2.05) is 41.8 Å². The third-order valence-electron chi connectivity index (χ3n) is 3.82. The van der Waals surface area contributed by atoms with Crippen LogP contribution >= 0.6 is 22.9 Å². The highest BCUT2D eigenvalue weighted by atomic mass is 35.5. The monoisotopic (exact) mass is 371 g/mol. The van der Waals surface area contributed by atoms with Crippen LogP contribution in [0.1, 0.15) is 10.4 Å². The maximum Gasteiger partial charge on any atom is 0.255 e. The maximum atomic E-state index is 12.7. The number of amides is 1. The van der Waals surface area contributed by atoms with Crippen molar-refractivity contribution in [1.82, 2.24) is 0 Å². The molecule has 3 aromatic rings. The average Bonchev–Trinajstić information content (AvgIpc) is 3.16. The number of carbonyl (C=O) groups excluding carboxylic acids is 1. The van der Waals surface area contributed by atoms with Crippen molar-refractivity contribution in [2.75, 3.05) is 18.5 Å². The van der Waals surface area contributed by atoms with Crippen molar-refractivity contribution in [3.63, 3.8) is 0 Å². The highest BCUT2D eigenvalue weighted by molar-refractivity contribution is 7.13. The number of hydrogen-bond acceptors (Lipinski definition) is 4. The van der Waals surface area contributed by atoms with Crippen molar-refractivity contribution in [3.05, 3.63) is 64.5 Å². The summed E-state index contributed by atoms with van der Waals surface area (Å²) in [6.45, 7) is 0.891. The van der Waals surface area contributed by atoms with Crippen LogP contribution in [0.4, 0.5) is 5.69 Å². The summed E-state index contributed by atoms with van der Waals surface area (Å²) in [5.41, 5.74) is 2.16. The summed E-state index contributed by atoms with van der Waals surface area (Å²) in [6.07, 6.45) is 0. The van der Waals surface area contributed by atoms with Crippen molar-refractivity contribution < 1.29 is 14.3 Å². The first-order chi connectivity index (χ1) is 12.2. The van der Waals surface area contributed by atoms with Gasteiger partial charge in [0, 0.05) is 21.7 Å². The zero-order valence-electron chi connectivity index (χ0n) is 13.1. The van der Waals surface area contributed by atoms with Gasteiger partial charge < -0.3 is 14.8 Å². The molecule has 0 fully saturated rings. The highest BCUT2D eigenvalue weighted by Crippen LogP contribution is 2.39. The first-order valence-electron chi connectivity index (χ1n) is 7.76. The minimum absolute atomic E-state index is 0.247. The standard InChI is InChI=1S/C19H14ClNO3S/c20-14-10-12(11-16-18(14)24-8-7-23-16)19(22)21-15-5-2-1-4-13(15)17-6-3-9-25-17/h1-6,9-11H,7-8H2,(H,21,22). The third kappa shape index (κ3) is 3.21. The normalized spacial score (nSPS) is 12.7. The number of carbonyl (C=O) groups is 1. The van der Waals surface area contributed by atoms with Crippen LogP contribution in [0, 0.1) is 0 Å². The van der Waals surface area contributed by atoms with Gasteiger partial charge in [0.1, 0.15) is 13.2 Å². The number of thiophene rings is 1. The van der Waals surface area contributed by atoms with Gasteiger partial charge in [-0.15, -0.1) is 11.3 Å². The van der Waals surface area contributed by atoms with Gasteiger partial charge >= 0.3 is 0 Å². The zero-order chi connectivity index (χ0) is 17.2. The summed E-state index contributed by atoms with van der Waals surface area (Å²) >= 11 is 7.85. The van der Waals surface area contributed by atoms with Gasteiger partial charge in [0.05, 0.1) is 5.02 Å². The van der Waals surface area contributed by atoms with Gasteiger partial charge in [-0.1, -0.05) is 35.9 Å². The lowest BCUT2D eigenvalue weighted by molar-refractivity contribution is 0.102. The molecule has 2 heterocycles. The van der Waals surface area contributed by atoms with E-state index >= 15 is 0 Å². The van der Waals surface area contributed by atoms with Crippen molar-refractivity contribution in [3.8, 4) is 21.9 Å². The Morgan fingerprint density at radius 1 is 1.08 bits per heavy atom. The Balaban J connectivity index is 1.64. The molecule has 0 saturated heterocycles. The van der Waals surface area contributed by atoms with Crippen LogP contribution in [0.15, 0.2) is 53.9 Å². The van der Waals surface area contributed by atoms with Gasteiger partial charge in [0.2, 0.25) is 0 Å². The van der Waals surface area contributed by atoms with Gasteiger partial charge in [-0.25, -0.2) is 0 Å². The molecule has 4 nitrogen and oxygen atoms in total. The summed E-state index contributed by atoms with van der Waals surface area (Å²) in [6, 6.07) is 15.0. The molecule has 1 aliphatic rings. The van der Waals surface area contributed by atoms with E-state index in [-0.39, 0.29) is 5.91 Å². The third-order valence-corrected chi connectivity index (χ3v) is 5.00. The number of nitrogens with one attached hydrogen (secondary N) is 1. The largest absolute Gasteiger partial charge is 0.486 e. The lowest BCUT2D eigenvalue weighted by Crippen LogP contribution is -2.18. The van der Waals surface area contributed by atoms with Crippen molar-refractivity contribution in [2.45, 2.75) is 0 Å². The van der Waals surface area contributed by atoms with E-state index in [4.69, 9.17) is 21.1 Å². The van der Waals surface area contributed by atoms with E-state index in [0.29, 0.717) is 35.3 Å². The Bertz CT molecular complexity index is 924. The van der Waals surface area contributed by atoms with Gasteiger partial charge in [0.25, 0.3) is 5.91 Å². The van der Waals surface area contributed by atoms with Crippen molar-refractivity contribution in [1.29, 1.82) is 0 Å². The molecule has 4 rings (SSSR count). The minimum Gasteiger partial charge on any atom is -0.486 e. The fourth-order valence-electron chi connectivity index (χ4n) is 2.68. The molecule has 1 N–H and O–H groups in total. The highest BCUT2D eigenvalue weighted by Gasteiger charge is 2.20. The summed E-state index contributed by atoms with van der Waals surface area (Å²) in [5, 5.41) is 5.34. The second-order valence-electron chi connectivity index (χ2n) is 5.46. The molecule has 1 aromatic heterocycles. The Hall–Kier alpha value is -2.50. The zero-order valence-corrected chi connectivity index (χ0v) is 14.7. The van der Waals surface area contributed by atoms with Crippen LogP contribution < -0.4 is 14.8 Å². The first kappa shape index (κ1) is 16.0. The Kier molecular flexibility index (Phi) is 4.34. The molecule has 0 spiro atoms. The quantitative estimate of drug-likeness (QED) is 0.697. The van der Waals surface area contributed by atoms with Crippen molar-refractivity contribution in [2.24, 2.45) is 0 Å². The fraction of sp³-hybridized carbons (Fsp3) is 0.105. The van der Waals surface area contributed by atoms with Crippen LogP contribution in [-0.4, -0.2) is 19.1 Å². The molecule has 1 aliphatic heterocycles. The van der Waals surface area contributed by atoms with Gasteiger partial charge in [-0.2, -0.15) is 0 Å². The lowest BCUT2D eigenvalue weighted by Gasteiger charge is -2.20. The predicted octanol–water partition coefficient (Wildman–Crippen LogP) is 5.09. The molecular weight excluding hydrogens is 358 g/mol. The summed E-state index contributed by atoms with van der Waals surface area (Å²) in [5.74, 6) is 0.738. The van der Waals surface area contributed by atoms with E-state index in [0.717, 1.165) is 16.1 Å². The average molecular weight is 372 g/mol. The van der Waals surface area contributed by atoms with Crippen LogP contribution in [0.5, 0.6) is 11.5 Å². The Labute approximate surface area is 154 Å². The molecule has 126 valence electrons. The predicted molar refractivity (Wildman–Crippen MR) is 100 cm³/mol. The number of anilines is 1. The number of hydrogen-bond donors (Lipinski definition) is 1. The van der Waals surface area contributed by atoms with Gasteiger partial charge in [-0.3, -0.25) is 4.79 Å². The second-order valence-corrected chi connectivity index (χ2v) is 6.81. The molecule has 0 atom stereocenters. The van der Waals surface area contributed by atoms with Crippen LogP contribution in [0.25, 0.3) is 10.4 Å². The number of benzene rings is 2. The van der Waals surface area contributed by atoms with E-state index in [1.165, 1.54) is 0 Å². The van der Waals surface area contributed by atoms with E-state index in [2.05, 4.69) is 5.32 Å². The molecule has 0 aliphatic carbocycles. The number of ether oxygens (including phenoxy) is 2. The molecule has 25 heavy (non-hydrogen) atoms. The topological polar surface area (TPSA) is 47.6 Å². The molecule has 2 aromatic carbocycles. The molecular formula is C19H14ClNO3S. The van der Waals surface area contributed by atoms with Crippen molar-refractivity contribution >= 4 is 34.5 Å². The summed E-state index contributed by atoms with van der Waals surface area (Å²) in [4.78, 5) is 13.8. The van der Waals surface area contributed by atoms with E-state index in [9.17, 15) is 4.79 Å². The van der Waals surface area contributed by atoms with Gasteiger partial charge in [-0.05, 0) is 29.6 Å². The number of fused-ring (bicyclic) bond motifs is 1. The van der Waals surface area contributed by atoms with Crippen LogP contribution in [-0.2, 0) is 0 Å². The maximum absolute atomic E-state index is 12.7. The molecule has 6 heteroatoms. The molecule has 0 bridgehead atoms. The first-order valence-corrected chi connectivity index (χ1v) is 9.01. The van der Waals surface area contributed by atoms with Gasteiger partial charge in [0.15, 0.2) is 11.5 Å². The van der Waals surface area contributed by atoms with Crippen LogP contribution in [0.3, 0.4) is 0 Å². The Morgan fingerprint density at radius 2 is 1.92 bits per heavy atom. The smallest absolute Gasteiger partial charge is 0.255 e. The number of rotatable bonds is 3.